The minimum absolute atomic E-state index is 0.175. The molecule has 0 bridgehead atoms. The Morgan fingerprint density at radius 2 is 1.83 bits per heavy atom. The van der Waals surface area contributed by atoms with Crippen molar-refractivity contribution in [2.45, 2.75) is 33.4 Å². The third-order valence-corrected chi connectivity index (χ3v) is 8.37. The van der Waals surface area contributed by atoms with Crippen LogP contribution in [0.2, 0.25) is 0 Å². The maximum Gasteiger partial charge on any atom is 0.338 e. The average molecular weight is 699 g/mol. The molecule has 4 aromatic rings. The van der Waals surface area contributed by atoms with Gasteiger partial charge >= 0.3 is 5.97 Å². The van der Waals surface area contributed by atoms with Gasteiger partial charge in [-0.25, -0.2) is 14.2 Å². The fourth-order valence-corrected chi connectivity index (χ4v) is 6.39. The molecule has 1 atom stereocenters. The zero-order valence-corrected chi connectivity index (χ0v) is 26.4. The summed E-state index contributed by atoms with van der Waals surface area (Å²) in [5, 5.41) is 0. The van der Waals surface area contributed by atoms with E-state index in [1.807, 2.05) is 43.3 Å². The number of halogens is 2. The van der Waals surface area contributed by atoms with Gasteiger partial charge < -0.3 is 14.2 Å². The quantitative estimate of drug-likeness (QED) is 0.181. The lowest BCUT2D eigenvalue weighted by molar-refractivity contribution is -0.139. The Morgan fingerprint density at radius 3 is 2.50 bits per heavy atom. The third kappa shape index (κ3) is 6.05. The molecule has 42 heavy (non-hydrogen) atoms. The van der Waals surface area contributed by atoms with E-state index >= 15 is 0 Å². The van der Waals surface area contributed by atoms with Gasteiger partial charge in [-0.05, 0) is 84.8 Å². The Hall–Kier alpha value is -3.77. The van der Waals surface area contributed by atoms with Crippen molar-refractivity contribution in [3.63, 3.8) is 0 Å². The van der Waals surface area contributed by atoms with Crippen LogP contribution >= 0.6 is 33.9 Å². The normalized spacial score (nSPS) is 14.8. The Morgan fingerprint density at radius 1 is 1.12 bits per heavy atom. The van der Waals surface area contributed by atoms with Gasteiger partial charge in [-0.3, -0.25) is 9.36 Å². The number of ether oxygens (including phenoxy) is 3. The van der Waals surface area contributed by atoms with Crippen LogP contribution in [0.4, 0.5) is 4.39 Å². The van der Waals surface area contributed by atoms with Crippen molar-refractivity contribution in [2.24, 2.45) is 4.99 Å². The summed E-state index contributed by atoms with van der Waals surface area (Å²) in [6.45, 7) is 5.87. The van der Waals surface area contributed by atoms with Crippen molar-refractivity contribution in [1.82, 2.24) is 4.57 Å². The summed E-state index contributed by atoms with van der Waals surface area (Å²) in [4.78, 5) is 32.3. The highest BCUT2D eigenvalue weighted by atomic mass is 127. The second kappa shape index (κ2) is 12.6. The van der Waals surface area contributed by atoms with E-state index < -0.39 is 12.0 Å². The monoisotopic (exact) mass is 698 g/mol. The molecule has 2 heterocycles. The lowest BCUT2D eigenvalue weighted by Gasteiger charge is -2.24. The minimum atomic E-state index is -0.692. The van der Waals surface area contributed by atoms with Gasteiger partial charge in [0, 0.05) is 9.13 Å². The number of hydrogen-bond acceptors (Lipinski definition) is 7. The molecule has 7 nitrogen and oxygen atoms in total. The zero-order chi connectivity index (χ0) is 30.0. The number of benzene rings is 3. The van der Waals surface area contributed by atoms with Gasteiger partial charge in [-0.1, -0.05) is 53.3 Å². The van der Waals surface area contributed by atoms with Crippen LogP contribution in [0.1, 0.15) is 42.1 Å². The lowest BCUT2D eigenvalue weighted by atomic mass is 9.95. The zero-order valence-electron chi connectivity index (χ0n) is 23.4. The molecule has 0 spiro atoms. The van der Waals surface area contributed by atoms with Crippen LogP contribution in [0.15, 0.2) is 81.7 Å². The second-order valence-electron chi connectivity index (χ2n) is 9.65. The van der Waals surface area contributed by atoms with Gasteiger partial charge in [0.15, 0.2) is 16.3 Å². The standard InChI is InChI=1S/C32H28FIN2O5S/c1-5-40-31(38)27-19(3)35-32-36(28(27)21-10-6-18(2)7-11-21)30(37)26(42-32)15-22-14-24(34)16-25(39-4)29(22)41-17-20-8-12-23(33)13-9-20/h6-16,28H,5,17H2,1-4H3/b26-15-/t28-/m1/s1. The van der Waals surface area contributed by atoms with E-state index in [2.05, 4.69) is 27.6 Å². The van der Waals surface area contributed by atoms with Gasteiger partial charge in [0.2, 0.25) is 0 Å². The van der Waals surface area contributed by atoms with Crippen molar-refractivity contribution in [1.29, 1.82) is 0 Å². The molecule has 5 rings (SSSR count). The molecule has 1 aliphatic rings. The van der Waals surface area contributed by atoms with Crippen LogP contribution < -0.4 is 24.4 Å². The van der Waals surface area contributed by atoms with Crippen LogP contribution in [0.25, 0.3) is 6.08 Å². The molecule has 216 valence electrons. The van der Waals surface area contributed by atoms with Crippen LogP contribution in [0.3, 0.4) is 0 Å². The lowest BCUT2D eigenvalue weighted by Crippen LogP contribution is -2.39. The first-order valence-electron chi connectivity index (χ1n) is 13.2. The number of allylic oxidation sites excluding steroid dienone is 1. The van der Waals surface area contributed by atoms with E-state index in [-0.39, 0.29) is 24.6 Å². The topological polar surface area (TPSA) is 79.1 Å². The molecule has 1 aromatic heterocycles. The van der Waals surface area contributed by atoms with Gasteiger partial charge in [0.1, 0.15) is 12.4 Å². The van der Waals surface area contributed by atoms with Crippen LogP contribution in [0.5, 0.6) is 11.5 Å². The summed E-state index contributed by atoms with van der Waals surface area (Å²) in [6.07, 6.45) is 1.75. The summed E-state index contributed by atoms with van der Waals surface area (Å²) >= 11 is 3.42. The van der Waals surface area contributed by atoms with Crippen LogP contribution in [-0.2, 0) is 16.1 Å². The summed E-state index contributed by atoms with van der Waals surface area (Å²) in [7, 11) is 1.55. The van der Waals surface area contributed by atoms with E-state index in [1.54, 1.807) is 43.7 Å². The van der Waals surface area contributed by atoms with Crippen molar-refractivity contribution < 1.29 is 23.4 Å². The summed E-state index contributed by atoms with van der Waals surface area (Å²) in [5.41, 5.74) is 3.81. The van der Waals surface area contributed by atoms with E-state index in [4.69, 9.17) is 14.2 Å². The first kappa shape index (κ1) is 29.7. The number of aryl methyl sites for hydroxylation is 1. The van der Waals surface area contributed by atoms with E-state index in [9.17, 15) is 14.0 Å². The van der Waals surface area contributed by atoms with Gasteiger partial charge in [0.25, 0.3) is 5.56 Å². The molecular formula is C32H28FIN2O5S. The summed E-state index contributed by atoms with van der Waals surface area (Å²) in [6, 6.07) is 16.8. The highest BCUT2D eigenvalue weighted by Crippen LogP contribution is 2.35. The Balaban J connectivity index is 1.66. The molecule has 10 heteroatoms. The largest absolute Gasteiger partial charge is 0.493 e. The maximum atomic E-state index is 14.1. The number of hydrogen-bond donors (Lipinski definition) is 0. The van der Waals surface area contributed by atoms with E-state index in [1.165, 1.54) is 23.5 Å². The molecule has 0 amide bonds. The number of thiazole rings is 1. The van der Waals surface area contributed by atoms with E-state index in [0.717, 1.165) is 20.3 Å². The van der Waals surface area contributed by atoms with Gasteiger partial charge in [0.05, 0.1) is 35.6 Å². The van der Waals surface area contributed by atoms with Crippen molar-refractivity contribution in [3.8, 4) is 11.5 Å². The van der Waals surface area contributed by atoms with Crippen molar-refractivity contribution in [3.05, 3.63) is 123 Å². The predicted octanol–water partition coefficient (Wildman–Crippen LogP) is 5.44. The fourth-order valence-electron chi connectivity index (χ4n) is 4.74. The molecule has 0 aliphatic carbocycles. The smallest absolute Gasteiger partial charge is 0.338 e. The first-order chi connectivity index (χ1) is 20.2. The number of methoxy groups -OCH3 is 1. The Kier molecular flexibility index (Phi) is 8.93. The number of fused-ring (bicyclic) bond motifs is 1. The van der Waals surface area contributed by atoms with Crippen LogP contribution in [0, 0.1) is 16.3 Å². The number of rotatable bonds is 8. The number of nitrogens with zero attached hydrogens (tertiary/aromatic N) is 2. The number of aromatic nitrogens is 1. The van der Waals surface area contributed by atoms with E-state index in [0.29, 0.717) is 37.7 Å². The summed E-state index contributed by atoms with van der Waals surface area (Å²) < 4.78 is 33.4. The SMILES string of the molecule is CCOC(=O)C1=C(C)N=c2s/c(=C\c3cc(I)cc(OC)c3OCc3ccc(F)cc3)c(=O)n2[C@@H]1c1ccc(C)cc1. The molecule has 0 unspecified atom stereocenters. The Bertz CT molecular complexity index is 1860. The molecule has 1 aliphatic heterocycles. The van der Waals surface area contributed by atoms with Gasteiger partial charge in [-0.15, -0.1) is 0 Å². The van der Waals surface area contributed by atoms with Crippen molar-refractivity contribution in [2.75, 3.05) is 13.7 Å². The molecular weight excluding hydrogens is 670 g/mol. The highest BCUT2D eigenvalue weighted by Gasteiger charge is 2.33. The first-order valence-corrected chi connectivity index (χ1v) is 15.1. The third-order valence-electron chi connectivity index (χ3n) is 6.76. The van der Waals surface area contributed by atoms with Gasteiger partial charge in [-0.2, -0.15) is 0 Å². The molecule has 0 saturated heterocycles. The van der Waals surface area contributed by atoms with Crippen LogP contribution in [-0.4, -0.2) is 24.3 Å². The predicted molar refractivity (Wildman–Crippen MR) is 168 cm³/mol. The number of esters is 1. The average Bonchev–Trinajstić information content (AvgIpc) is 3.26. The van der Waals surface area contributed by atoms with Crippen molar-refractivity contribution >= 4 is 46.0 Å². The molecule has 0 fully saturated rings. The molecule has 0 saturated carbocycles. The number of carbonyl (C=O) groups is 1. The second-order valence-corrected chi connectivity index (χ2v) is 11.9. The molecule has 0 radical (unpaired) electrons. The Labute approximate surface area is 259 Å². The minimum Gasteiger partial charge on any atom is -0.493 e. The number of carbonyl (C=O) groups excluding carboxylic acids is 1. The molecule has 3 aromatic carbocycles. The fraction of sp³-hybridized carbons (Fsp3) is 0.219. The molecule has 0 N–H and O–H groups in total. The highest BCUT2D eigenvalue weighted by molar-refractivity contribution is 14.1. The maximum absolute atomic E-state index is 14.1. The summed E-state index contributed by atoms with van der Waals surface area (Å²) in [5.74, 6) is 0.122.